The lowest BCUT2D eigenvalue weighted by atomic mass is 9.82. The Labute approximate surface area is 277 Å². The van der Waals surface area contributed by atoms with Crippen LogP contribution in [0.15, 0.2) is 140 Å². The van der Waals surface area contributed by atoms with E-state index in [2.05, 4.69) is 152 Å². The van der Waals surface area contributed by atoms with E-state index in [-0.39, 0.29) is 5.41 Å². The van der Waals surface area contributed by atoms with Crippen molar-refractivity contribution in [1.29, 1.82) is 0 Å². The number of pyridine rings is 1. The molecular formula is C45H29N3. The van der Waals surface area contributed by atoms with Gasteiger partial charge in [0.05, 0.1) is 27.9 Å². The predicted octanol–water partition coefficient (Wildman–Crippen LogP) is 11.6. The lowest BCUT2D eigenvalue weighted by molar-refractivity contribution is 0.641. The van der Waals surface area contributed by atoms with E-state index in [1.165, 1.54) is 70.8 Å². The molecule has 0 saturated heterocycles. The molecule has 0 unspecified atom stereocenters. The van der Waals surface area contributed by atoms with Crippen LogP contribution in [0, 0.1) is 0 Å². The summed E-state index contributed by atoms with van der Waals surface area (Å²) >= 11 is 0. The van der Waals surface area contributed by atoms with Gasteiger partial charge in [0, 0.05) is 43.7 Å². The van der Waals surface area contributed by atoms with Gasteiger partial charge in [0.1, 0.15) is 0 Å². The van der Waals surface area contributed by atoms with E-state index in [9.17, 15) is 0 Å². The third-order valence-electron chi connectivity index (χ3n) is 10.8. The number of benzene rings is 7. The molecule has 3 heterocycles. The summed E-state index contributed by atoms with van der Waals surface area (Å²) in [7, 11) is 0. The Hall–Kier alpha value is -6.06. The maximum atomic E-state index is 5.43. The van der Waals surface area contributed by atoms with Crippen molar-refractivity contribution in [3.05, 3.63) is 151 Å². The van der Waals surface area contributed by atoms with Crippen molar-refractivity contribution in [1.82, 2.24) is 14.4 Å². The van der Waals surface area contributed by atoms with E-state index < -0.39 is 0 Å². The van der Waals surface area contributed by atoms with Gasteiger partial charge in [-0.3, -0.25) is 0 Å². The fraction of sp³-hybridized carbons (Fsp3) is 0.0667. The molecule has 3 aromatic heterocycles. The third kappa shape index (κ3) is 3.23. The van der Waals surface area contributed by atoms with Gasteiger partial charge in [-0.05, 0) is 44.8 Å². The lowest BCUT2D eigenvalue weighted by Crippen LogP contribution is -2.18. The Morgan fingerprint density at radius 3 is 2.12 bits per heavy atom. The van der Waals surface area contributed by atoms with E-state index in [0.717, 1.165) is 33.9 Å². The molecule has 0 N–H and O–H groups in total. The summed E-state index contributed by atoms with van der Waals surface area (Å²) < 4.78 is 2.49. The van der Waals surface area contributed by atoms with Gasteiger partial charge in [0.15, 0.2) is 5.82 Å². The van der Waals surface area contributed by atoms with E-state index >= 15 is 0 Å². The predicted molar refractivity (Wildman–Crippen MR) is 200 cm³/mol. The minimum atomic E-state index is -0.305. The van der Waals surface area contributed by atoms with Crippen LogP contribution in [0.5, 0.6) is 0 Å². The number of para-hydroxylation sites is 1. The van der Waals surface area contributed by atoms with Crippen LogP contribution < -0.4 is 0 Å². The SMILES string of the molecule is CC1(C)c2nc(-c3ccccc3)nc(-c3ccc4c5ccc6cccc7c8ccccc8n(c4c3)c5c67)c2-c2ccc3ccccc3c21. The smallest absolute Gasteiger partial charge is 0.160 e. The molecule has 3 nitrogen and oxygen atoms in total. The monoisotopic (exact) mass is 611 g/mol. The fourth-order valence-corrected chi connectivity index (χ4v) is 8.76. The highest BCUT2D eigenvalue weighted by Gasteiger charge is 2.41. The van der Waals surface area contributed by atoms with Crippen molar-refractivity contribution >= 4 is 59.6 Å². The average Bonchev–Trinajstić information content (AvgIpc) is 3.60. The minimum absolute atomic E-state index is 0.305. The quantitative estimate of drug-likeness (QED) is 0.144. The maximum Gasteiger partial charge on any atom is 0.160 e. The number of aromatic nitrogens is 3. The van der Waals surface area contributed by atoms with Crippen LogP contribution in [0.3, 0.4) is 0 Å². The van der Waals surface area contributed by atoms with Gasteiger partial charge in [0.25, 0.3) is 0 Å². The summed E-state index contributed by atoms with van der Waals surface area (Å²) in [5.41, 5.74) is 11.3. The molecule has 11 rings (SSSR count). The van der Waals surface area contributed by atoms with Crippen molar-refractivity contribution < 1.29 is 0 Å². The van der Waals surface area contributed by atoms with E-state index in [1.54, 1.807) is 0 Å². The Kier molecular flexibility index (Phi) is 4.91. The van der Waals surface area contributed by atoms with Gasteiger partial charge in [-0.25, -0.2) is 9.97 Å². The molecule has 0 atom stereocenters. The zero-order valence-electron chi connectivity index (χ0n) is 26.6. The van der Waals surface area contributed by atoms with Crippen LogP contribution in [0.25, 0.3) is 93.4 Å². The lowest BCUT2D eigenvalue weighted by Gasteiger charge is -2.22. The second-order valence-corrected chi connectivity index (χ2v) is 13.8. The summed E-state index contributed by atoms with van der Waals surface area (Å²) in [5.74, 6) is 0.761. The Morgan fingerprint density at radius 1 is 0.521 bits per heavy atom. The second-order valence-electron chi connectivity index (χ2n) is 13.8. The minimum Gasteiger partial charge on any atom is -0.308 e. The molecule has 224 valence electrons. The first-order valence-corrected chi connectivity index (χ1v) is 16.7. The van der Waals surface area contributed by atoms with Crippen LogP contribution in [0.2, 0.25) is 0 Å². The average molecular weight is 612 g/mol. The van der Waals surface area contributed by atoms with E-state index in [4.69, 9.17) is 9.97 Å². The zero-order valence-corrected chi connectivity index (χ0v) is 26.6. The Bertz CT molecular complexity index is 2970. The molecule has 1 aliphatic rings. The van der Waals surface area contributed by atoms with Gasteiger partial charge in [0.2, 0.25) is 0 Å². The first kappa shape index (κ1) is 26.1. The molecule has 0 bridgehead atoms. The standard InChI is InChI=1S/C45H29N3/c1-45(2)40-30-15-7-6-11-26(30)19-24-35(40)39-41(46-44(47-43(39)45)28-12-4-3-5-13-28)29-21-22-32-34-23-20-27-14-10-17-33-31-16-8-9-18-36(31)48(37(32)25-29)42(34)38(27)33/h3-25H,1-2H3. The number of hydrogen-bond donors (Lipinski definition) is 0. The highest BCUT2D eigenvalue weighted by molar-refractivity contribution is 6.28. The fourth-order valence-electron chi connectivity index (χ4n) is 8.76. The van der Waals surface area contributed by atoms with Gasteiger partial charge < -0.3 is 4.40 Å². The van der Waals surface area contributed by atoms with Crippen LogP contribution in [-0.2, 0) is 5.41 Å². The summed E-state index contributed by atoms with van der Waals surface area (Å²) in [6.07, 6.45) is 0. The van der Waals surface area contributed by atoms with E-state index in [0.29, 0.717) is 0 Å². The summed E-state index contributed by atoms with van der Waals surface area (Å²) in [4.78, 5) is 10.8. The molecule has 0 aliphatic heterocycles. The van der Waals surface area contributed by atoms with Gasteiger partial charge in [-0.15, -0.1) is 0 Å². The van der Waals surface area contributed by atoms with Gasteiger partial charge >= 0.3 is 0 Å². The zero-order chi connectivity index (χ0) is 31.7. The van der Waals surface area contributed by atoms with Crippen LogP contribution in [-0.4, -0.2) is 14.4 Å². The topological polar surface area (TPSA) is 30.2 Å². The summed E-state index contributed by atoms with van der Waals surface area (Å²) in [6, 6.07) is 50.7. The number of fused-ring (bicyclic) bond motifs is 11. The highest BCUT2D eigenvalue weighted by atomic mass is 14.9. The third-order valence-corrected chi connectivity index (χ3v) is 10.8. The summed E-state index contributed by atoms with van der Waals surface area (Å²) in [5, 5.41) is 10.2. The van der Waals surface area contributed by atoms with Crippen molar-refractivity contribution in [2.75, 3.05) is 0 Å². The molecule has 0 amide bonds. The first-order chi connectivity index (χ1) is 23.6. The Morgan fingerprint density at radius 2 is 1.23 bits per heavy atom. The molecule has 3 heteroatoms. The van der Waals surface area contributed by atoms with Crippen molar-refractivity contribution in [2.45, 2.75) is 19.3 Å². The molecule has 7 aromatic carbocycles. The van der Waals surface area contributed by atoms with Gasteiger partial charge in [-0.1, -0.05) is 141 Å². The number of rotatable bonds is 2. The largest absolute Gasteiger partial charge is 0.308 e. The second kappa shape index (κ2) is 9.05. The number of nitrogens with zero attached hydrogens (tertiary/aromatic N) is 3. The van der Waals surface area contributed by atoms with Crippen molar-refractivity contribution in [3.63, 3.8) is 0 Å². The summed E-state index contributed by atoms with van der Waals surface area (Å²) in [6.45, 7) is 4.64. The highest BCUT2D eigenvalue weighted by Crippen LogP contribution is 2.54. The maximum absolute atomic E-state index is 5.43. The molecule has 10 aromatic rings. The Balaban J connectivity index is 1.28. The molecule has 48 heavy (non-hydrogen) atoms. The normalized spacial score (nSPS) is 13.8. The molecule has 0 fully saturated rings. The molecule has 0 saturated carbocycles. The number of hydrogen-bond acceptors (Lipinski definition) is 2. The molecular weight excluding hydrogens is 583 g/mol. The van der Waals surface area contributed by atoms with E-state index in [1.807, 2.05) is 6.07 Å². The van der Waals surface area contributed by atoms with Crippen LogP contribution >= 0.6 is 0 Å². The molecule has 0 radical (unpaired) electrons. The van der Waals surface area contributed by atoms with Crippen LogP contribution in [0.4, 0.5) is 0 Å². The van der Waals surface area contributed by atoms with Crippen molar-refractivity contribution in [2.24, 2.45) is 0 Å². The first-order valence-electron chi connectivity index (χ1n) is 16.7. The molecule has 0 spiro atoms. The molecule has 1 aliphatic carbocycles. The van der Waals surface area contributed by atoms with Gasteiger partial charge in [-0.2, -0.15) is 0 Å². The van der Waals surface area contributed by atoms with Crippen LogP contribution in [0.1, 0.15) is 25.1 Å². The van der Waals surface area contributed by atoms with Crippen molar-refractivity contribution in [3.8, 4) is 33.8 Å².